The second-order valence-electron chi connectivity index (χ2n) is 5.27. The summed E-state index contributed by atoms with van der Waals surface area (Å²) in [5.41, 5.74) is 0. The van der Waals surface area contributed by atoms with Crippen LogP contribution < -0.4 is 0 Å². The van der Waals surface area contributed by atoms with Crippen LogP contribution in [0, 0.1) is 5.92 Å². The Morgan fingerprint density at radius 2 is 1.60 bits per heavy atom. The lowest BCUT2D eigenvalue weighted by atomic mass is 9.99. The maximum Gasteiger partial charge on any atom is 0.0679 e. The molecule has 1 N–H and O–H groups in total. The third kappa shape index (κ3) is 3.44. The molecule has 0 radical (unpaired) electrons. The summed E-state index contributed by atoms with van der Waals surface area (Å²) in [4.78, 5) is 4.97. The van der Waals surface area contributed by atoms with Crippen molar-refractivity contribution >= 4 is 0 Å². The highest BCUT2D eigenvalue weighted by Gasteiger charge is 2.21. The summed E-state index contributed by atoms with van der Waals surface area (Å²) in [6.45, 7) is 9.23. The molecule has 2 heterocycles. The lowest BCUT2D eigenvalue weighted by molar-refractivity contribution is 0.152. The van der Waals surface area contributed by atoms with Crippen LogP contribution in [0.2, 0.25) is 0 Å². The fourth-order valence-corrected chi connectivity index (χ4v) is 2.58. The third-order valence-corrected chi connectivity index (χ3v) is 3.86. The van der Waals surface area contributed by atoms with Crippen LogP contribution >= 0.6 is 0 Å². The molecule has 0 aromatic carbocycles. The van der Waals surface area contributed by atoms with Gasteiger partial charge in [-0.15, -0.1) is 0 Å². The largest absolute Gasteiger partial charge is 0.392 e. The summed E-state index contributed by atoms with van der Waals surface area (Å²) in [7, 11) is 0. The minimum Gasteiger partial charge on any atom is -0.392 e. The first-order chi connectivity index (χ1) is 7.24. The van der Waals surface area contributed by atoms with Gasteiger partial charge in [0, 0.05) is 26.2 Å². The van der Waals surface area contributed by atoms with E-state index >= 15 is 0 Å². The Hall–Kier alpha value is -0.120. The molecule has 0 aromatic heterocycles. The van der Waals surface area contributed by atoms with Gasteiger partial charge >= 0.3 is 0 Å². The van der Waals surface area contributed by atoms with Crippen molar-refractivity contribution in [2.45, 2.75) is 32.3 Å². The SMILES string of the molecule is CC1CCN(CCN2CC[C@H](O)C2)CC1. The van der Waals surface area contributed by atoms with E-state index < -0.39 is 0 Å². The molecule has 2 aliphatic heterocycles. The molecular weight excluding hydrogens is 188 g/mol. The van der Waals surface area contributed by atoms with Gasteiger partial charge in [0.25, 0.3) is 0 Å². The zero-order valence-corrected chi connectivity index (χ0v) is 9.86. The molecule has 0 aliphatic carbocycles. The van der Waals surface area contributed by atoms with E-state index in [1.807, 2.05) is 0 Å². The fourth-order valence-electron chi connectivity index (χ4n) is 2.58. The summed E-state index contributed by atoms with van der Waals surface area (Å²) < 4.78 is 0. The van der Waals surface area contributed by atoms with E-state index in [0.29, 0.717) is 0 Å². The second kappa shape index (κ2) is 5.28. The van der Waals surface area contributed by atoms with Crippen molar-refractivity contribution < 1.29 is 5.11 Å². The molecule has 2 fully saturated rings. The van der Waals surface area contributed by atoms with Crippen molar-refractivity contribution in [3.05, 3.63) is 0 Å². The monoisotopic (exact) mass is 212 g/mol. The number of hydrogen-bond acceptors (Lipinski definition) is 3. The molecule has 1 atom stereocenters. The second-order valence-corrected chi connectivity index (χ2v) is 5.27. The van der Waals surface area contributed by atoms with Crippen molar-refractivity contribution in [1.82, 2.24) is 9.80 Å². The predicted molar refractivity (Wildman–Crippen MR) is 61.9 cm³/mol. The summed E-state index contributed by atoms with van der Waals surface area (Å²) >= 11 is 0. The minimum atomic E-state index is -0.0635. The van der Waals surface area contributed by atoms with E-state index in [1.54, 1.807) is 0 Å². The Labute approximate surface area is 93.1 Å². The van der Waals surface area contributed by atoms with E-state index in [4.69, 9.17) is 0 Å². The molecule has 0 saturated carbocycles. The predicted octanol–water partition coefficient (Wildman–Crippen LogP) is 0.785. The highest BCUT2D eigenvalue weighted by Crippen LogP contribution is 2.16. The van der Waals surface area contributed by atoms with Crippen LogP contribution in [0.1, 0.15) is 26.2 Å². The molecule has 0 aromatic rings. The lowest BCUT2D eigenvalue weighted by Crippen LogP contribution is -2.38. The van der Waals surface area contributed by atoms with Gasteiger partial charge in [0.15, 0.2) is 0 Å². The average molecular weight is 212 g/mol. The maximum absolute atomic E-state index is 9.42. The highest BCUT2D eigenvalue weighted by molar-refractivity contribution is 4.76. The summed E-state index contributed by atoms with van der Waals surface area (Å²) in [5.74, 6) is 0.926. The number of likely N-dealkylation sites (tertiary alicyclic amines) is 2. The smallest absolute Gasteiger partial charge is 0.0679 e. The topological polar surface area (TPSA) is 26.7 Å². The van der Waals surface area contributed by atoms with Crippen LogP contribution in [0.5, 0.6) is 0 Å². The Balaban J connectivity index is 1.61. The van der Waals surface area contributed by atoms with Gasteiger partial charge < -0.3 is 10.0 Å². The zero-order chi connectivity index (χ0) is 10.7. The minimum absolute atomic E-state index is 0.0635. The molecule has 0 amide bonds. The molecule has 3 heteroatoms. The van der Waals surface area contributed by atoms with Gasteiger partial charge in [0.1, 0.15) is 0 Å². The normalized spacial score (nSPS) is 31.2. The van der Waals surface area contributed by atoms with Crippen LogP contribution in [0.25, 0.3) is 0 Å². The van der Waals surface area contributed by atoms with Crippen molar-refractivity contribution in [2.75, 3.05) is 39.3 Å². The van der Waals surface area contributed by atoms with Crippen molar-refractivity contribution in [2.24, 2.45) is 5.92 Å². The number of nitrogens with zero attached hydrogens (tertiary/aromatic N) is 2. The van der Waals surface area contributed by atoms with Gasteiger partial charge in [-0.1, -0.05) is 6.92 Å². The van der Waals surface area contributed by atoms with Crippen molar-refractivity contribution in [1.29, 1.82) is 0 Å². The molecule has 15 heavy (non-hydrogen) atoms. The molecule has 3 nitrogen and oxygen atoms in total. The van der Waals surface area contributed by atoms with E-state index in [-0.39, 0.29) is 6.10 Å². The number of piperidine rings is 1. The summed E-state index contributed by atoms with van der Waals surface area (Å²) in [5, 5.41) is 9.42. The van der Waals surface area contributed by atoms with E-state index in [2.05, 4.69) is 16.7 Å². The van der Waals surface area contributed by atoms with Gasteiger partial charge in [-0.3, -0.25) is 4.90 Å². The standard InChI is InChI=1S/C12H24N2O/c1-11-2-5-13(6-3-11)8-9-14-7-4-12(15)10-14/h11-12,15H,2-10H2,1H3/t12-/m0/s1. The summed E-state index contributed by atoms with van der Waals surface area (Å²) in [6, 6.07) is 0. The number of rotatable bonds is 3. The van der Waals surface area contributed by atoms with Crippen molar-refractivity contribution in [3.63, 3.8) is 0 Å². The molecule has 2 rings (SSSR count). The first kappa shape index (κ1) is 11.4. The molecule has 2 aliphatic rings. The molecular formula is C12H24N2O. The van der Waals surface area contributed by atoms with Crippen LogP contribution in [0.3, 0.4) is 0 Å². The Bertz CT molecular complexity index is 190. The zero-order valence-electron chi connectivity index (χ0n) is 9.86. The van der Waals surface area contributed by atoms with Crippen LogP contribution in [0.15, 0.2) is 0 Å². The molecule has 0 unspecified atom stereocenters. The number of aliphatic hydroxyl groups is 1. The van der Waals surface area contributed by atoms with Crippen LogP contribution in [0.4, 0.5) is 0 Å². The van der Waals surface area contributed by atoms with Gasteiger partial charge in [-0.05, 0) is 38.3 Å². The fraction of sp³-hybridized carbons (Fsp3) is 1.00. The first-order valence-electron chi connectivity index (χ1n) is 6.37. The molecule has 0 bridgehead atoms. The summed E-state index contributed by atoms with van der Waals surface area (Å²) in [6.07, 6.45) is 3.63. The quantitative estimate of drug-likeness (QED) is 0.749. The van der Waals surface area contributed by atoms with Gasteiger partial charge in [-0.25, -0.2) is 0 Å². The average Bonchev–Trinajstić information content (AvgIpc) is 2.64. The molecule has 2 saturated heterocycles. The maximum atomic E-state index is 9.42. The Kier molecular flexibility index (Phi) is 4.00. The van der Waals surface area contributed by atoms with Gasteiger partial charge in [0.05, 0.1) is 6.10 Å². The lowest BCUT2D eigenvalue weighted by Gasteiger charge is -2.31. The third-order valence-electron chi connectivity index (χ3n) is 3.86. The number of β-amino-alcohol motifs (C(OH)–C–C–N with tert-alkyl or cyclic N) is 1. The van der Waals surface area contributed by atoms with Gasteiger partial charge in [0.2, 0.25) is 0 Å². The first-order valence-corrected chi connectivity index (χ1v) is 6.37. The van der Waals surface area contributed by atoms with Crippen LogP contribution in [-0.2, 0) is 0 Å². The van der Waals surface area contributed by atoms with Crippen LogP contribution in [-0.4, -0.2) is 60.3 Å². The highest BCUT2D eigenvalue weighted by atomic mass is 16.3. The van der Waals surface area contributed by atoms with E-state index in [9.17, 15) is 5.11 Å². The van der Waals surface area contributed by atoms with Crippen molar-refractivity contribution in [3.8, 4) is 0 Å². The Morgan fingerprint density at radius 1 is 1.00 bits per heavy atom. The molecule has 88 valence electrons. The molecule has 0 spiro atoms. The Morgan fingerprint density at radius 3 is 2.20 bits per heavy atom. The van der Waals surface area contributed by atoms with E-state index in [1.165, 1.54) is 32.5 Å². The van der Waals surface area contributed by atoms with E-state index in [0.717, 1.165) is 32.0 Å². The number of hydrogen-bond donors (Lipinski definition) is 1. The van der Waals surface area contributed by atoms with Gasteiger partial charge in [-0.2, -0.15) is 0 Å². The number of aliphatic hydroxyl groups excluding tert-OH is 1.